The lowest BCUT2D eigenvalue weighted by atomic mass is 9.53. The van der Waals surface area contributed by atoms with Crippen molar-refractivity contribution in [3.8, 4) is 11.5 Å². The zero-order valence-corrected chi connectivity index (χ0v) is 21.5. The second-order valence-corrected chi connectivity index (χ2v) is 10.4. The van der Waals surface area contributed by atoms with Gasteiger partial charge in [-0.3, -0.25) is 4.79 Å². The van der Waals surface area contributed by atoms with E-state index in [-0.39, 0.29) is 11.5 Å². The monoisotopic (exact) mass is 512 g/mol. The van der Waals surface area contributed by atoms with Crippen LogP contribution in [0, 0.1) is 10.8 Å². The van der Waals surface area contributed by atoms with Gasteiger partial charge in [-0.15, -0.1) is 0 Å². The molecule has 176 valence electrons. The molecule has 0 aromatic heterocycles. The summed E-state index contributed by atoms with van der Waals surface area (Å²) in [6, 6.07) is 14.1. The highest BCUT2D eigenvalue weighted by atomic mass is 79.9. The van der Waals surface area contributed by atoms with Crippen LogP contribution in [0.2, 0.25) is 0 Å². The van der Waals surface area contributed by atoms with Crippen LogP contribution in [0.25, 0.3) is 0 Å². The Kier molecular flexibility index (Phi) is 7.01. The maximum atomic E-state index is 13.1. The number of allylic oxidation sites excluding steroid dienone is 1. The predicted octanol–water partition coefficient (Wildman–Crippen LogP) is 6.69. The molecule has 4 rings (SSSR count). The van der Waals surface area contributed by atoms with Gasteiger partial charge in [0.1, 0.15) is 17.3 Å². The Morgan fingerprint density at radius 3 is 2.42 bits per heavy atom. The molecule has 0 bridgehead atoms. The summed E-state index contributed by atoms with van der Waals surface area (Å²) in [5.41, 5.74) is 2.61. The third-order valence-electron chi connectivity index (χ3n) is 7.60. The number of carbonyl (C=O) groups is 1. The second kappa shape index (κ2) is 9.63. The van der Waals surface area contributed by atoms with Crippen molar-refractivity contribution in [3.05, 3.63) is 69.7 Å². The molecule has 33 heavy (non-hydrogen) atoms. The molecular weight excluding hydrogens is 480 g/mol. The number of hydrogen-bond donors (Lipinski definition) is 0. The Morgan fingerprint density at radius 2 is 1.73 bits per heavy atom. The van der Waals surface area contributed by atoms with Gasteiger partial charge < -0.3 is 14.2 Å². The summed E-state index contributed by atoms with van der Waals surface area (Å²) in [6.07, 6.45) is 6.04. The van der Waals surface area contributed by atoms with Crippen LogP contribution in [0.4, 0.5) is 0 Å². The lowest BCUT2D eigenvalue weighted by Crippen LogP contribution is -2.51. The van der Waals surface area contributed by atoms with Crippen molar-refractivity contribution in [3.63, 3.8) is 0 Å². The van der Waals surface area contributed by atoms with E-state index in [0.29, 0.717) is 25.2 Å². The Balaban J connectivity index is 1.76. The topological polar surface area (TPSA) is 44.8 Å². The first-order valence-corrected chi connectivity index (χ1v) is 12.4. The van der Waals surface area contributed by atoms with Crippen LogP contribution in [-0.4, -0.2) is 26.1 Å². The lowest BCUT2D eigenvalue weighted by Gasteiger charge is -2.52. The molecule has 3 atom stereocenters. The third-order valence-corrected chi connectivity index (χ3v) is 8.47. The molecule has 0 spiro atoms. The molecule has 0 saturated heterocycles. The number of Topliss-reactive ketones (excluding diaryl/α,β-unsaturated/α-hetero) is 1. The minimum absolute atomic E-state index is 0.0225. The third kappa shape index (κ3) is 4.38. The molecule has 1 fully saturated rings. The number of rotatable bonds is 7. The summed E-state index contributed by atoms with van der Waals surface area (Å²) < 4.78 is 18.8. The van der Waals surface area contributed by atoms with Gasteiger partial charge in [-0.05, 0) is 66.2 Å². The number of halogens is 1. The fraction of sp³-hybridized carbons (Fsp3) is 0.464. The number of ketones is 1. The van der Waals surface area contributed by atoms with Gasteiger partial charge in [0.15, 0.2) is 0 Å². The zero-order chi connectivity index (χ0) is 23.6. The Morgan fingerprint density at radius 1 is 1.03 bits per heavy atom. The van der Waals surface area contributed by atoms with E-state index in [9.17, 15) is 4.79 Å². The van der Waals surface area contributed by atoms with Gasteiger partial charge >= 0.3 is 0 Å². The van der Waals surface area contributed by atoms with Gasteiger partial charge in [-0.25, -0.2) is 0 Å². The SMILES string of the molecule is COc1ccc(OC)c(CC2(C)C3=CCCC(=O)C3(C)CCC2OCc2ccccc2)c1Br. The molecule has 1 saturated carbocycles. The van der Waals surface area contributed by atoms with E-state index in [1.165, 1.54) is 5.57 Å². The number of benzene rings is 2. The van der Waals surface area contributed by atoms with E-state index in [2.05, 4.69) is 48.0 Å². The molecule has 2 aromatic carbocycles. The minimum Gasteiger partial charge on any atom is -0.496 e. The van der Waals surface area contributed by atoms with Crippen LogP contribution in [0.15, 0.2) is 58.6 Å². The molecule has 3 unspecified atom stereocenters. The molecule has 2 aliphatic carbocycles. The van der Waals surface area contributed by atoms with Crippen LogP contribution in [0.3, 0.4) is 0 Å². The van der Waals surface area contributed by atoms with Crippen molar-refractivity contribution in [1.82, 2.24) is 0 Å². The van der Waals surface area contributed by atoms with E-state index in [1.54, 1.807) is 14.2 Å². The average molecular weight is 513 g/mol. The average Bonchev–Trinajstić information content (AvgIpc) is 2.82. The smallest absolute Gasteiger partial charge is 0.143 e. The Hall–Kier alpha value is -2.11. The first-order chi connectivity index (χ1) is 15.8. The number of carbonyl (C=O) groups excluding carboxylic acids is 1. The molecule has 0 heterocycles. The van der Waals surface area contributed by atoms with Crippen LogP contribution in [0.1, 0.15) is 50.7 Å². The van der Waals surface area contributed by atoms with Crippen LogP contribution in [-0.2, 0) is 22.6 Å². The first kappa shape index (κ1) is 24.0. The molecule has 0 N–H and O–H groups in total. The maximum absolute atomic E-state index is 13.1. The summed E-state index contributed by atoms with van der Waals surface area (Å²) in [4.78, 5) is 13.1. The number of hydrogen-bond acceptors (Lipinski definition) is 4. The highest BCUT2D eigenvalue weighted by molar-refractivity contribution is 9.10. The number of methoxy groups -OCH3 is 2. The van der Waals surface area contributed by atoms with Gasteiger partial charge in [-0.1, -0.05) is 48.9 Å². The fourth-order valence-electron chi connectivity index (χ4n) is 5.76. The molecule has 2 aliphatic rings. The fourth-order valence-corrected chi connectivity index (χ4v) is 6.39. The lowest BCUT2D eigenvalue weighted by molar-refractivity contribution is -0.133. The molecule has 0 amide bonds. The molecule has 0 aliphatic heterocycles. The van der Waals surface area contributed by atoms with Crippen molar-refractivity contribution in [1.29, 1.82) is 0 Å². The minimum atomic E-state index is -0.432. The van der Waals surface area contributed by atoms with Crippen molar-refractivity contribution in [2.24, 2.45) is 10.8 Å². The van der Waals surface area contributed by atoms with E-state index in [1.807, 2.05) is 30.3 Å². The summed E-state index contributed by atoms with van der Waals surface area (Å²) in [6.45, 7) is 4.94. The summed E-state index contributed by atoms with van der Waals surface area (Å²) in [7, 11) is 3.36. The van der Waals surface area contributed by atoms with E-state index in [4.69, 9.17) is 14.2 Å². The number of ether oxygens (including phenoxy) is 3. The quantitative estimate of drug-likeness (QED) is 0.387. The number of fused-ring (bicyclic) bond motifs is 1. The molecule has 4 nitrogen and oxygen atoms in total. The summed E-state index contributed by atoms with van der Waals surface area (Å²) in [5.74, 6) is 1.92. The normalized spacial score (nSPS) is 27.0. The van der Waals surface area contributed by atoms with E-state index in [0.717, 1.165) is 46.4 Å². The van der Waals surface area contributed by atoms with Gasteiger partial charge in [0.25, 0.3) is 0 Å². The highest BCUT2D eigenvalue weighted by Crippen LogP contribution is 2.57. The largest absolute Gasteiger partial charge is 0.496 e. The summed E-state index contributed by atoms with van der Waals surface area (Å²) in [5, 5.41) is 0. The predicted molar refractivity (Wildman–Crippen MR) is 134 cm³/mol. The van der Waals surface area contributed by atoms with Crippen molar-refractivity contribution in [2.45, 2.75) is 58.7 Å². The zero-order valence-electron chi connectivity index (χ0n) is 19.9. The van der Waals surface area contributed by atoms with Gasteiger partial charge in [0.05, 0.1) is 31.4 Å². The Labute approximate surface area is 205 Å². The van der Waals surface area contributed by atoms with Crippen LogP contribution >= 0.6 is 15.9 Å². The van der Waals surface area contributed by atoms with Crippen molar-refractivity contribution >= 4 is 21.7 Å². The summed E-state index contributed by atoms with van der Waals surface area (Å²) >= 11 is 3.76. The molecule has 5 heteroatoms. The van der Waals surface area contributed by atoms with Gasteiger partial charge in [0, 0.05) is 22.8 Å². The van der Waals surface area contributed by atoms with E-state index >= 15 is 0 Å². The molecular formula is C28H33BrO4. The van der Waals surface area contributed by atoms with Gasteiger partial charge in [-0.2, -0.15) is 0 Å². The van der Waals surface area contributed by atoms with Crippen LogP contribution < -0.4 is 9.47 Å². The molecule has 0 radical (unpaired) electrons. The second-order valence-electron chi connectivity index (χ2n) is 9.59. The van der Waals surface area contributed by atoms with Crippen LogP contribution in [0.5, 0.6) is 11.5 Å². The standard InChI is InChI=1S/C28H33BrO4/c1-27-16-15-25(33-18-19-9-6-5-7-10-19)28(2,23(27)11-8-12-24(27)30)17-20-21(31-3)13-14-22(32-4)26(20)29/h5-7,9-11,13-14,25H,8,12,15-18H2,1-4H3. The van der Waals surface area contributed by atoms with Gasteiger partial charge in [0.2, 0.25) is 0 Å². The van der Waals surface area contributed by atoms with E-state index < -0.39 is 5.41 Å². The Bertz CT molecular complexity index is 1050. The van der Waals surface area contributed by atoms with Crippen molar-refractivity contribution < 1.29 is 19.0 Å². The highest BCUT2D eigenvalue weighted by Gasteiger charge is 2.54. The first-order valence-electron chi connectivity index (χ1n) is 11.6. The van der Waals surface area contributed by atoms with Crippen molar-refractivity contribution in [2.75, 3.05) is 14.2 Å². The maximum Gasteiger partial charge on any atom is 0.143 e. The molecule has 2 aromatic rings.